The molecule has 0 fully saturated rings. The molecule has 1 aliphatic heterocycles. The SMILES string of the molecule is CC1(CCl)N=C(c2cnc3ccccc3c2)c2ccccc2C1(Br)Br. The predicted molar refractivity (Wildman–Crippen MR) is 112 cm³/mol. The largest absolute Gasteiger partial charge is 0.274 e. The number of halogens is 3. The third-order valence-corrected chi connectivity index (χ3v) is 7.76. The van der Waals surface area contributed by atoms with E-state index in [-0.39, 0.29) is 0 Å². The van der Waals surface area contributed by atoms with E-state index < -0.39 is 8.77 Å². The van der Waals surface area contributed by atoms with Gasteiger partial charge in [-0.3, -0.25) is 9.98 Å². The minimum Gasteiger partial charge on any atom is -0.274 e. The summed E-state index contributed by atoms with van der Waals surface area (Å²) < 4.78 is -0.515. The third kappa shape index (κ3) is 2.66. The Bertz CT molecular complexity index is 1000. The molecule has 0 amide bonds. The summed E-state index contributed by atoms with van der Waals surface area (Å²) in [6.07, 6.45) is 1.89. The first-order chi connectivity index (χ1) is 12.0. The highest BCUT2D eigenvalue weighted by Crippen LogP contribution is 2.53. The van der Waals surface area contributed by atoms with Crippen LogP contribution in [0, 0.1) is 0 Å². The fourth-order valence-corrected chi connectivity index (χ4v) is 4.90. The Labute approximate surface area is 168 Å². The molecule has 4 rings (SSSR count). The van der Waals surface area contributed by atoms with E-state index >= 15 is 0 Å². The molecular formula is C20H15Br2ClN2. The zero-order valence-electron chi connectivity index (χ0n) is 13.5. The highest BCUT2D eigenvalue weighted by atomic mass is 79.9. The highest BCUT2D eigenvalue weighted by Gasteiger charge is 2.50. The molecule has 0 N–H and O–H groups in total. The van der Waals surface area contributed by atoms with Gasteiger partial charge in [0.15, 0.2) is 0 Å². The number of hydrogen-bond acceptors (Lipinski definition) is 2. The number of para-hydroxylation sites is 1. The predicted octanol–water partition coefficient (Wildman–Crippen LogP) is 6.03. The van der Waals surface area contributed by atoms with E-state index in [0.717, 1.165) is 33.3 Å². The van der Waals surface area contributed by atoms with Crippen molar-refractivity contribution in [3.8, 4) is 0 Å². The van der Waals surface area contributed by atoms with Gasteiger partial charge in [-0.05, 0) is 24.6 Å². The van der Waals surface area contributed by atoms with Gasteiger partial charge in [-0.2, -0.15) is 0 Å². The standard InChI is InChI=1S/C20H15Br2ClN2/c1-19(12-23)20(21,22)16-8-4-3-7-15(16)18(25-19)14-10-13-6-2-5-9-17(13)24-11-14/h2-11H,12H2,1H3. The number of benzene rings is 2. The van der Waals surface area contributed by atoms with Crippen LogP contribution in [0.2, 0.25) is 0 Å². The lowest BCUT2D eigenvalue weighted by molar-refractivity contribution is 0.492. The minimum atomic E-state index is -0.538. The van der Waals surface area contributed by atoms with Gasteiger partial charge in [-0.1, -0.05) is 74.3 Å². The maximum absolute atomic E-state index is 6.34. The van der Waals surface area contributed by atoms with Gasteiger partial charge in [-0.15, -0.1) is 11.6 Å². The van der Waals surface area contributed by atoms with Crippen LogP contribution >= 0.6 is 43.5 Å². The Kier molecular flexibility index (Phi) is 4.25. The molecule has 2 heterocycles. The van der Waals surface area contributed by atoms with Gasteiger partial charge in [0.2, 0.25) is 0 Å². The Morgan fingerprint density at radius 1 is 1.04 bits per heavy atom. The second-order valence-electron chi connectivity index (χ2n) is 6.40. The number of aliphatic imine (C=N–C) groups is 1. The average Bonchev–Trinajstić information content (AvgIpc) is 2.64. The molecule has 1 aliphatic rings. The summed E-state index contributed by atoms with van der Waals surface area (Å²) in [6.45, 7) is 2.05. The van der Waals surface area contributed by atoms with Crippen molar-refractivity contribution in [2.75, 3.05) is 5.88 Å². The lowest BCUT2D eigenvalue weighted by Gasteiger charge is -2.42. The van der Waals surface area contributed by atoms with Crippen molar-refractivity contribution in [2.24, 2.45) is 4.99 Å². The molecule has 2 aromatic carbocycles. The number of hydrogen-bond donors (Lipinski definition) is 0. The fraction of sp³-hybridized carbons (Fsp3) is 0.200. The number of aromatic nitrogens is 1. The average molecular weight is 479 g/mol. The van der Waals surface area contributed by atoms with Gasteiger partial charge in [0, 0.05) is 28.6 Å². The van der Waals surface area contributed by atoms with Crippen LogP contribution in [0.4, 0.5) is 0 Å². The van der Waals surface area contributed by atoms with Crippen molar-refractivity contribution >= 4 is 60.1 Å². The van der Waals surface area contributed by atoms with E-state index in [2.05, 4.69) is 61.1 Å². The van der Waals surface area contributed by atoms with E-state index in [9.17, 15) is 0 Å². The van der Waals surface area contributed by atoms with Crippen molar-refractivity contribution < 1.29 is 0 Å². The highest BCUT2D eigenvalue weighted by molar-refractivity contribution is 9.24. The quantitative estimate of drug-likeness (QED) is 0.413. The number of pyridine rings is 1. The summed E-state index contributed by atoms with van der Waals surface area (Å²) in [4.78, 5) is 9.66. The van der Waals surface area contributed by atoms with Crippen molar-refractivity contribution in [1.29, 1.82) is 0 Å². The first-order valence-corrected chi connectivity index (χ1v) is 10.1. The lowest BCUT2D eigenvalue weighted by Crippen LogP contribution is -2.45. The van der Waals surface area contributed by atoms with E-state index in [0.29, 0.717) is 5.88 Å². The normalized spacial score (nSPS) is 21.7. The van der Waals surface area contributed by atoms with Gasteiger partial charge in [0.1, 0.15) is 8.77 Å². The first kappa shape index (κ1) is 17.2. The summed E-state index contributed by atoms with van der Waals surface area (Å²) in [5.41, 5.74) is 4.56. The van der Waals surface area contributed by atoms with E-state index in [1.807, 2.05) is 43.5 Å². The van der Waals surface area contributed by atoms with Crippen molar-refractivity contribution in [2.45, 2.75) is 15.7 Å². The molecule has 0 saturated heterocycles. The maximum atomic E-state index is 6.34. The molecule has 2 nitrogen and oxygen atoms in total. The van der Waals surface area contributed by atoms with Gasteiger partial charge in [0.05, 0.1) is 11.2 Å². The van der Waals surface area contributed by atoms with Crippen LogP contribution in [0.15, 0.2) is 65.8 Å². The van der Waals surface area contributed by atoms with E-state index in [1.165, 1.54) is 0 Å². The van der Waals surface area contributed by atoms with Crippen molar-refractivity contribution in [3.05, 3.63) is 77.5 Å². The second kappa shape index (κ2) is 6.19. The van der Waals surface area contributed by atoms with Gasteiger partial charge in [0.25, 0.3) is 0 Å². The summed E-state index contributed by atoms with van der Waals surface area (Å²) >= 11 is 14.0. The summed E-state index contributed by atoms with van der Waals surface area (Å²) in [6, 6.07) is 18.5. The number of rotatable bonds is 2. The maximum Gasteiger partial charge on any atom is 0.132 e. The van der Waals surface area contributed by atoms with Crippen LogP contribution < -0.4 is 0 Å². The fourth-order valence-electron chi connectivity index (χ4n) is 3.17. The zero-order chi connectivity index (χ0) is 17.7. The van der Waals surface area contributed by atoms with Crippen LogP contribution in [0.3, 0.4) is 0 Å². The number of alkyl halides is 3. The number of nitrogens with zero attached hydrogens (tertiary/aromatic N) is 2. The van der Waals surface area contributed by atoms with Crippen molar-refractivity contribution in [1.82, 2.24) is 4.98 Å². The molecular weight excluding hydrogens is 463 g/mol. The molecule has 25 heavy (non-hydrogen) atoms. The van der Waals surface area contributed by atoms with Crippen LogP contribution in [0.1, 0.15) is 23.6 Å². The first-order valence-electron chi connectivity index (χ1n) is 7.95. The summed E-state index contributed by atoms with van der Waals surface area (Å²) in [5, 5.41) is 1.10. The summed E-state index contributed by atoms with van der Waals surface area (Å²) in [5.74, 6) is 0.377. The molecule has 3 aromatic rings. The molecule has 5 heteroatoms. The molecule has 1 unspecified atom stereocenters. The van der Waals surface area contributed by atoms with Crippen LogP contribution in [-0.4, -0.2) is 22.1 Å². The van der Waals surface area contributed by atoms with Crippen LogP contribution in [0.5, 0.6) is 0 Å². The zero-order valence-corrected chi connectivity index (χ0v) is 17.4. The van der Waals surface area contributed by atoms with Gasteiger partial charge < -0.3 is 0 Å². The minimum absolute atomic E-state index is 0.377. The van der Waals surface area contributed by atoms with E-state index in [1.54, 1.807) is 0 Å². The smallest absolute Gasteiger partial charge is 0.132 e. The Morgan fingerprint density at radius 3 is 2.56 bits per heavy atom. The number of fused-ring (bicyclic) bond motifs is 2. The summed E-state index contributed by atoms with van der Waals surface area (Å²) in [7, 11) is 0. The molecule has 0 saturated carbocycles. The van der Waals surface area contributed by atoms with Gasteiger partial charge in [-0.25, -0.2) is 0 Å². The second-order valence-corrected chi connectivity index (χ2v) is 10.1. The van der Waals surface area contributed by atoms with Crippen LogP contribution in [-0.2, 0) is 3.23 Å². The van der Waals surface area contributed by atoms with Crippen molar-refractivity contribution in [3.63, 3.8) is 0 Å². The molecule has 1 aromatic heterocycles. The topological polar surface area (TPSA) is 25.2 Å². The Balaban J connectivity index is 1.98. The van der Waals surface area contributed by atoms with E-state index in [4.69, 9.17) is 16.6 Å². The van der Waals surface area contributed by atoms with Crippen LogP contribution in [0.25, 0.3) is 10.9 Å². The Hall–Kier alpha value is -1.23. The molecule has 126 valence electrons. The molecule has 0 radical (unpaired) electrons. The third-order valence-electron chi connectivity index (χ3n) is 4.68. The van der Waals surface area contributed by atoms with Gasteiger partial charge >= 0.3 is 0 Å². The monoisotopic (exact) mass is 476 g/mol. The Morgan fingerprint density at radius 2 is 1.76 bits per heavy atom. The molecule has 1 atom stereocenters. The molecule has 0 spiro atoms. The molecule has 0 aliphatic carbocycles. The molecule has 0 bridgehead atoms. The lowest BCUT2D eigenvalue weighted by atomic mass is 9.84.